The zero-order valence-corrected chi connectivity index (χ0v) is 11.3. The number of carbonyl (C=O) groups excluding carboxylic acids is 1. The van der Waals surface area contributed by atoms with Crippen LogP contribution in [0.3, 0.4) is 0 Å². The van der Waals surface area contributed by atoms with E-state index in [0.29, 0.717) is 11.2 Å². The van der Waals surface area contributed by atoms with Crippen LogP contribution >= 0.6 is 0 Å². The van der Waals surface area contributed by atoms with E-state index >= 15 is 0 Å². The summed E-state index contributed by atoms with van der Waals surface area (Å²) in [6.45, 7) is 1.98. The van der Waals surface area contributed by atoms with Gasteiger partial charge in [-0.1, -0.05) is 52.9 Å². The Morgan fingerprint density at radius 3 is 2.45 bits per heavy atom. The lowest BCUT2D eigenvalue weighted by Gasteiger charge is -2.07. The Labute approximate surface area is 121 Å². The molecule has 0 fully saturated rings. The minimum absolute atomic E-state index is 0.0193. The lowest BCUT2D eigenvalue weighted by Crippen LogP contribution is -2.38. The topological polar surface area (TPSA) is 38.3 Å². The molecule has 0 saturated carbocycles. The van der Waals surface area contributed by atoms with Crippen LogP contribution in [0.15, 0.2) is 48.5 Å². The fourth-order valence-electron chi connectivity index (χ4n) is 1.58. The second-order valence-electron chi connectivity index (χ2n) is 4.48. The number of aryl methyl sites for hydroxylation is 1. The molecule has 0 bridgehead atoms. The number of nitrogens with one attached hydrogen (secondary N) is 1. The Hall–Kier alpha value is -2.16. The van der Waals surface area contributed by atoms with Gasteiger partial charge in [0.25, 0.3) is 7.41 Å². The lowest BCUT2D eigenvalue weighted by molar-refractivity contribution is -0.121. The van der Waals surface area contributed by atoms with Gasteiger partial charge in [-0.25, -0.2) is 0 Å². The van der Waals surface area contributed by atoms with E-state index in [0.717, 1.165) is 11.0 Å². The first-order chi connectivity index (χ1) is 9.63. The zero-order valence-electron chi connectivity index (χ0n) is 11.3. The third kappa shape index (κ3) is 4.50. The fourth-order valence-corrected chi connectivity index (χ4v) is 1.58. The van der Waals surface area contributed by atoms with Crippen molar-refractivity contribution >= 4 is 32.1 Å². The standard InChI is InChI=1S/C15H14B2NO2/c1-11-2-8-14(9-3-11)20-10-15(19)18-17-13-6-4-12(16)5-7-13/h2-9H,10H2,1H3,(H,18,19). The number of hydrogen-bond donors (Lipinski definition) is 1. The minimum atomic E-state index is -0.206. The average molecular weight is 262 g/mol. The second-order valence-corrected chi connectivity index (χ2v) is 4.48. The van der Waals surface area contributed by atoms with Crippen LogP contribution in [0.4, 0.5) is 0 Å². The summed E-state index contributed by atoms with van der Waals surface area (Å²) in [5, 5.41) is 2.67. The third-order valence-corrected chi connectivity index (χ3v) is 2.73. The summed E-state index contributed by atoms with van der Waals surface area (Å²) in [6, 6.07) is 14.8. The summed E-state index contributed by atoms with van der Waals surface area (Å²) in [6.07, 6.45) is 0. The van der Waals surface area contributed by atoms with Crippen molar-refractivity contribution in [2.24, 2.45) is 0 Å². The van der Waals surface area contributed by atoms with Crippen molar-refractivity contribution in [2.75, 3.05) is 6.61 Å². The molecule has 0 atom stereocenters. The molecule has 0 heterocycles. The Balaban J connectivity index is 1.75. The maximum atomic E-state index is 11.6. The highest BCUT2D eigenvalue weighted by molar-refractivity contribution is 6.54. The van der Waals surface area contributed by atoms with Crippen LogP contribution in [0.25, 0.3) is 0 Å². The quantitative estimate of drug-likeness (QED) is 0.783. The van der Waals surface area contributed by atoms with Crippen LogP contribution in [0.2, 0.25) is 0 Å². The predicted octanol–water partition coefficient (Wildman–Crippen LogP) is 0.229. The molecule has 0 aliphatic carbocycles. The van der Waals surface area contributed by atoms with Gasteiger partial charge in [0.15, 0.2) is 6.61 Å². The Kier molecular flexibility index (Phi) is 4.88. The highest BCUT2D eigenvalue weighted by atomic mass is 16.5. The van der Waals surface area contributed by atoms with E-state index in [-0.39, 0.29) is 12.5 Å². The number of amides is 1. The maximum Gasteiger partial charge on any atom is 0.284 e. The van der Waals surface area contributed by atoms with E-state index in [4.69, 9.17) is 12.6 Å². The molecule has 0 unspecified atom stereocenters. The molecular weight excluding hydrogens is 248 g/mol. The monoisotopic (exact) mass is 262 g/mol. The van der Waals surface area contributed by atoms with Crippen molar-refractivity contribution in [1.82, 2.24) is 5.23 Å². The molecule has 0 spiro atoms. The lowest BCUT2D eigenvalue weighted by atomic mass is 9.81. The molecule has 2 aromatic rings. The second kappa shape index (κ2) is 6.85. The van der Waals surface area contributed by atoms with Crippen LogP contribution in [-0.4, -0.2) is 27.8 Å². The molecule has 5 heteroatoms. The molecule has 97 valence electrons. The van der Waals surface area contributed by atoms with Gasteiger partial charge in [-0.15, -0.1) is 0 Å². The van der Waals surface area contributed by atoms with Crippen molar-refractivity contribution < 1.29 is 9.53 Å². The molecule has 3 radical (unpaired) electrons. The van der Waals surface area contributed by atoms with Gasteiger partial charge in [0.1, 0.15) is 13.6 Å². The van der Waals surface area contributed by atoms with Crippen LogP contribution in [0.1, 0.15) is 5.56 Å². The summed E-state index contributed by atoms with van der Waals surface area (Å²) < 4.78 is 5.38. The fraction of sp³-hybridized carbons (Fsp3) is 0.133. The van der Waals surface area contributed by atoms with E-state index in [9.17, 15) is 4.79 Å². The smallest absolute Gasteiger partial charge is 0.284 e. The van der Waals surface area contributed by atoms with Crippen LogP contribution < -0.4 is 20.9 Å². The number of rotatable bonds is 5. The zero-order chi connectivity index (χ0) is 14.4. The van der Waals surface area contributed by atoms with Gasteiger partial charge in [0.2, 0.25) is 5.91 Å². The molecule has 20 heavy (non-hydrogen) atoms. The van der Waals surface area contributed by atoms with E-state index < -0.39 is 0 Å². The highest BCUT2D eigenvalue weighted by Crippen LogP contribution is 2.10. The van der Waals surface area contributed by atoms with Gasteiger partial charge in [0, 0.05) is 0 Å². The Morgan fingerprint density at radius 2 is 1.80 bits per heavy atom. The van der Waals surface area contributed by atoms with E-state index in [2.05, 4.69) is 5.23 Å². The number of carbonyl (C=O) groups is 1. The Bertz CT molecular complexity index is 516. The Morgan fingerprint density at radius 1 is 1.15 bits per heavy atom. The molecule has 0 aliphatic rings. The van der Waals surface area contributed by atoms with E-state index in [1.54, 1.807) is 19.5 Å². The average Bonchev–Trinajstić information content (AvgIpc) is 2.46. The molecule has 1 N–H and O–H groups in total. The molecular formula is C15H14B2NO2. The van der Waals surface area contributed by atoms with Gasteiger partial charge >= 0.3 is 0 Å². The van der Waals surface area contributed by atoms with Crippen LogP contribution in [0.5, 0.6) is 5.75 Å². The molecule has 0 saturated heterocycles. The molecule has 0 aliphatic heterocycles. The SMILES string of the molecule is [B]c1ccc([B]NC(=O)COc2ccc(C)cc2)cc1. The van der Waals surface area contributed by atoms with E-state index in [1.807, 2.05) is 43.3 Å². The first-order valence-electron chi connectivity index (χ1n) is 6.31. The van der Waals surface area contributed by atoms with Gasteiger partial charge in [-0.3, -0.25) is 4.79 Å². The summed E-state index contributed by atoms with van der Waals surface area (Å²) in [7, 11) is 7.21. The van der Waals surface area contributed by atoms with Gasteiger partial charge in [-0.05, 0) is 19.1 Å². The highest BCUT2D eigenvalue weighted by Gasteiger charge is 2.04. The van der Waals surface area contributed by atoms with Crippen LogP contribution in [-0.2, 0) is 4.79 Å². The van der Waals surface area contributed by atoms with Crippen molar-refractivity contribution in [3.8, 4) is 5.75 Å². The van der Waals surface area contributed by atoms with Crippen molar-refractivity contribution in [3.63, 3.8) is 0 Å². The maximum absolute atomic E-state index is 11.6. The summed E-state index contributed by atoms with van der Waals surface area (Å²) >= 11 is 0. The molecule has 3 nitrogen and oxygen atoms in total. The van der Waals surface area contributed by atoms with Crippen LogP contribution in [0, 0.1) is 6.92 Å². The predicted molar refractivity (Wildman–Crippen MR) is 82.0 cm³/mol. The summed E-state index contributed by atoms with van der Waals surface area (Å²) in [5.74, 6) is 0.473. The molecule has 1 amide bonds. The summed E-state index contributed by atoms with van der Waals surface area (Å²) in [5.41, 5.74) is 2.72. The van der Waals surface area contributed by atoms with Gasteiger partial charge in [0.05, 0.1) is 0 Å². The number of hydrogen-bond acceptors (Lipinski definition) is 2. The third-order valence-electron chi connectivity index (χ3n) is 2.73. The number of benzene rings is 2. The van der Waals surface area contributed by atoms with Crippen molar-refractivity contribution in [1.29, 1.82) is 0 Å². The first-order valence-corrected chi connectivity index (χ1v) is 6.31. The van der Waals surface area contributed by atoms with Crippen molar-refractivity contribution in [2.45, 2.75) is 6.92 Å². The molecule has 2 aromatic carbocycles. The van der Waals surface area contributed by atoms with Gasteiger partial charge < -0.3 is 9.96 Å². The molecule has 0 aromatic heterocycles. The minimum Gasteiger partial charge on any atom is -0.484 e. The number of ether oxygens (including phenoxy) is 1. The normalized spacial score (nSPS) is 9.85. The first kappa shape index (κ1) is 14.3. The summed E-state index contributed by atoms with van der Waals surface area (Å²) in [4.78, 5) is 11.6. The van der Waals surface area contributed by atoms with Crippen molar-refractivity contribution in [3.05, 3.63) is 54.1 Å². The van der Waals surface area contributed by atoms with Gasteiger partial charge in [-0.2, -0.15) is 0 Å². The van der Waals surface area contributed by atoms with E-state index in [1.165, 1.54) is 0 Å². The molecule has 2 rings (SSSR count). The largest absolute Gasteiger partial charge is 0.484 e.